The Kier molecular flexibility index (Phi) is 2.29. The molecular formula is C12H11N3O3. The van der Waals surface area contributed by atoms with Gasteiger partial charge in [0.2, 0.25) is 5.91 Å². The van der Waals surface area contributed by atoms with Gasteiger partial charge in [0, 0.05) is 12.6 Å². The smallest absolute Gasteiger partial charge is 0.309 e. The third-order valence-electron chi connectivity index (χ3n) is 3.21. The first-order valence-electron chi connectivity index (χ1n) is 5.61. The summed E-state index contributed by atoms with van der Waals surface area (Å²) in [5.41, 5.74) is 1.43. The number of carbonyl (C=O) groups excluding carboxylic acids is 1. The summed E-state index contributed by atoms with van der Waals surface area (Å²) in [4.78, 5) is 26.8. The van der Waals surface area contributed by atoms with Gasteiger partial charge in [-0.3, -0.25) is 9.59 Å². The van der Waals surface area contributed by atoms with E-state index in [1.807, 2.05) is 18.2 Å². The highest BCUT2D eigenvalue weighted by Crippen LogP contribution is 2.30. The maximum Gasteiger partial charge on any atom is 0.309 e. The van der Waals surface area contributed by atoms with Gasteiger partial charge in [-0.15, -0.1) is 0 Å². The molecule has 0 saturated carbocycles. The lowest BCUT2D eigenvalue weighted by atomic mass is 9.98. The van der Waals surface area contributed by atoms with Crippen molar-refractivity contribution in [2.45, 2.75) is 12.5 Å². The first-order chi connectivity index (χ1) is 8.66. The molecule has 0 unspecified atom stereocenters. The minimum Gasteiger partial charge on any atom is -0.481 e. The minimum atomic E-state index is -0.968. The number of hydrogen-bond acceptors (Lipinski definition) is 3. The number of fused-ring (bicyclic) bond motifs is 1. The van der Waals surface area contributed by atoms with Gasteiger partial charge in [-0.05, 0) is 12.1 Å². The van der Waals surface area contributed by atoms with Crippen LogP contribution in [0, 0.1) is 5.92 Å². The van der Waals surface area contributed by atoms with Crippen LogP contribution in [-0.2, 0) is 9.59 Å². The van der Waals surface area contributed by atoms with Crippen LogP contribution in [0.1, 0.15) is 18.2 Å². The van der Waals surface area contributed by atoms with Gasteiger partial charge in [-0.1, -0.05) is 6.07 Å². The molecule has 1 fully saturated rings. The van der Waals surface area contributed by atoms with Crippen molar-refractivity contribution >= 4 is 17.5 Å². The molecule has 1 aliphatic heterocycles. The number of pyridine rings is 1. The Hall–Kier alpha value is -2.37. The average molecular weight is 245 g/mol. The summed E-state index contributed by atoms with van der Waals surface area (Å²) < 4.78 is 1.80. The third-order valence-corrected chi connectivity index (χ3v) is 3.21. The molecule has 6 nitrogen and oxygen atoms in total. The predicted molar refractivity (Wildman–Crippen MR) is 61.8 cm³/mol. The summed E-state index contributed by atoms with van der Waals surface area (Å²) in [6.45, 7) is 0. The van der Waals surface area contributed by atoms with Crippen molar-refractivity contribution < 1.29 is 14.7 Å². The predicted octanol–water partition coefficient (Wildman–Crippen LogP) is 0.596. The highest BCUT2D eigenvalue weighted by Gasteiger charge is 2.39. The topological polar surface area (TPSA) is 83.7 Å². The Bertz CT molecular complexity index is 634. The van der Waals surface area contributed by atoms with Crippen LogP contribution in [-0.4, -0.2) is 26.4 Å². The van der Waals surface area contributed by atoms with E-state index in [0.29, 0.717) is 5.69 Å². The number of nitrogens with one attached hydrogen (secondary N) is 1. The van der Waals surface area contributed by atoms with Crippen LogP contribution < -0.4 is 5.32 Å². The van der Waals surface area contributed by atoms with Gasteiger partial charge in [0.15, 0.2) is 0 Å². The number of carboxylic acid groups (broad SMARTS) is 1. The number of aliphatic carboxylic acids is 1. The Morgan fingerprint density at radius 3 is 3.11 bits per heavy atom. The lowest BCUT2D eigenvalue weighted by molar-refractivity contribution is -0.142. The Morgan fingerprint density at radius 2 is 2.33 bits per heavy atom. The van der Waals surface area contributed by atoms with Gasteiger partial charge in [-0.25, -0.2) is 4.98 Å². The molecule has 0 aliphatic carbocycles. The lowest BCUT2D eigenvalue weighted by Crippen LogP contribution is -2.25. The van der Waals surface area contributed by atoms with Crippen LogP contribution in [0.3, 0.4) is 0 Å². The third kappa shape index (κ3) is 1.54. The monoisotopic (exact) mass is 245 g/mol. The number of carbonyl (C=O) groups is 2. The molecule has 1 saturated heterocycles. The molecule has 0 bridgehead atoms. The normalized spacial score (nSPS) is 23.2. The molecule has 2 aromatic heterocycles. The Balaban J connectivity index is 2.08. The van der Waals surface area contributed by atoms with Crippen LogP contribution in [0.5, 0.6) is 0 Å². The number of nitrogens with zero attached hydrogens (tertiary/aromatic N) is 2. The molecule has 6 heteroatoms. The van der Waals surface area contributed by atoms with E-state index in [1.54, 1.807) is 16.8 Å². The molecule has 92 valence electrons. The fraction of sp³-hybridized carbons (Fsp3) is 0.250. The van der Waals surface area contributed by atoms with Crippen molar-refractivity contribution in [3.05, 3.63) is 36.3 Å². The van der Waals surface area contributed by atoms with E-state index in [9.17, 15) is 9.59 Å². The van der Waals surface area contributed by atoms with Gasteiger partial charge in [0.05, 0.1) is 23.9 Å². The van der Waals surface area contributed by atoms with E-state index < -0.39 is 17.9 Å². The van der Waals surface area contributed by atoms with E-state index in [4.69, 9.17) is 5.11 Å². The number of aromatic nitrogens is 2. The van der Waals surface area contributed by atoms with E-state index in [0.717, 1.165) is 5.65 Å². The minimum absolute atomic E-state index is 0.0140. The zero-order valence-electron chi connectivity index (χ0n) is 9.41. The number of carboxylic acids is 1. The Labute approximate surface area is 102 Å². The van der Waals surface area contributed by atoms with E-state index in [2.05, 4.69) is 10.3 Å². The van der Waals surface area contributed by atoms with Crippen molar-refractivity contribution in [3.63, 3.8) is 0 Å². The zero-order chi connectivity index (χ0) is 12.7. The molecule has 0 spiro atoms. The second-order valence-electron chi connectivity index (χ2n) is 4.31. The summed E-state index contributed by atoms with van der Waals surface area (Å²) in [7, 11) is 0. The summed E-state index contributed by atoms with van der Waals surface area (Å²) in [6.07, 6.45) is 3.43. The summed E-state index contributed by atoms with van der Waals surface area (Å²) in [5.74, 6) is -1.94. The Morgan fingerprint density at radius 1 is 1.50 bits per heavy atom. The van der Waals surface area contributed by atoms with Crippen molar-refractivity contribution in [3.8, 4) is 0 Å². The second kappa shape index (κ2) is 3.83. The highest BCUT2D eigenvalue weighted by atomic mass is 16.4. The maximum atomic E-state index is 11.4. The van der Waals surface area contributed by atoms with Crippen LogP contribution in [0.15, 0.2) is 30.6 Å². The summed E-state index contributed by atoms with van der Waals surface area (Å²) in [5, 5.41) is 11.8. The van der Waals surface area contributed by atoms with Gasteiger partial charge >= 0.3 is 5.97 Å². The molecule has 0 aromatic carbocycles. The second-order valence-corrected chi connectivity index (χ2v) is 4.31. The van der Waals surface area contributed by atoms with Gasteiger partial charge < -0.3 is 14.8 Å². The molecule has 1 aliphatic rings. The van der Waals surface area contributed by atoms with Crippen LogP contribution in [0.25, 0.3) is 5.65 Å². The molecule has 3 heterocycles. The van der Waals surface area contributed by atoms with Crippen molar-refractivity contribution in [2.75, 3.05) is 0 Å². The molecular weight excluding hydrogens is 234 g/mol. The standard InChI is InChI=1S/C12H11N3O3/c16-10-5-7(12(17)18)11(14-10)8-6-13-9-3-1-2-4-15(8)9/h1-4,6-7,11H,5H2,(H,14,16)(H,17,18)/t7-,11-/m0/s1. The first-order valence-corrected chi connectivity index (χ1v) is 5.61. The van der Waals surface area contributed by atoms with E-state index in [-0.39, 0.29) is 12.3 Å². The van der Waals surface area contributed by atoms with Crippen molar-refractivity contribution in [1.82, 2.24) is 14.7 Å². The highest BCUT2D eigenvalue weighted by molar-refractivity contribution is 5.87. The van der Waals surface area contributed by atoms with E-state index >= 15 is 0 Å². The summed E-state index contributed by atoms with van der Waals surface area (Å²) in [6, 6.07) is 5.00. The molecule has 2 N–H and O–H groups in total. The number of hydrogen-bond donors (Lipinski definition) is 2. The molecule has 2 aromatic rings. The molecule has 1 amide bonds. The SMILES string of the molecule is O=C1C[C@H](C(=O)O)[C@@H](c2cnc3ccccn23)N1. The molecule has 2 atom stereocenters. The average Bonchev–Trinajstić information content (AvgIpc) is 2.92. The summed E-state index contributed by atoms with van der Waals surface area (Å²) >= 11 is 0. The van der Waals surface area contributed by atoms with Gasteiger partial charge in [-0.2, -0.15) is 0 Å². The number of rotatable bonds is 2. The van der Waals surface area contributed by atoms with Crippen molar-refractivity contribution in [2.24, 2.45) is 5.92 Å². The quantitative estimate of drug-likeness (QED) is 0.811. The van der Waals surface area contributed by atoms with Gasteiger partial charge in [0.1, 0.15) is 5.65 Å². The molecule has 0 radical (unpaired) electrons. The largest absolute Gasteiger partial charge is 0.481 e. The number of amides is 1. The maximum absolute atomic E-state index is 11.4. The fourth-order valence-corrected chi connectivity index (χ4v) is 2.34. The van der Waals surface area contributed by atoms with Gasteiger partial charge in [0.25, 0.3) is 0 Å². The van der Waals surface area contributed by atoms with Crippen LogP contribution >= 0.6 is 0 Å². The lowest BCUT2D eigenvalue weighted by Gasteiger charge is -2.14. The van der Waals surface area contributed by atoms with Crippen molar-refractivity contribution in [1.29, 1.82) is 0 Å². The fourth-order valence-electron chi connectivity index (χ4n) is 2.34. The van der Waals surface area contributed by atoms with E-state index in [1.165, 1.54) is 0 Å². The first kappa shape index (κ1) is 10.8. The molecule has 18 heavy (non-hydrogen) atoms. The number of imidazole rings is 1. The van der Waals surface area contributed by atoms with Crippen LogP contribution in [0.2, 0.25) is 0 Å². The van der Waals surface area contributed by atoms with Crippen LogP contribution in [0.4, 0.5) is 0 Å². The molecule has 3 rings (SSSR count). The zero-order valence-corrected chi connectivity index (χ0v) is 9.41.